The molecule has 2 aliphatic heterocycles. The number of carbonyl (C=O) groups is 1. The van der Waals surface area contributed by atoms with Gasteiger partial charge in [0.2, 0.25) is 0 Å². The number of aromatic nitrogens is 1. The molecule has 5 nitrogen and oxygen atoms in total. The topological polar surface area (TPSA) is 55.6 Å². The number of hydrogen-bond acceptors (Lipinski definition) is 4. The number of carbonyl (C=O) groups excluding carboxylic acids is 1. The summed E-state index contributed by atoms with van der Waals surface area (Å²) in [5.74, 6) is 1.24. The summed E-state index contributed by atoms with van der Waals surface area (Å²) in [4.78, 5) is 14.4. The molecule has 0 spiro atoms. The van der Waals surface area contributed by atoms with Gasteiger partial charge in [0.15, 0.2) is 0 Å². The van der Waals surface area contributed by atoms with E-state index in [2.05, 4.69) is 12.1 Å². The maximum absolute atomic E-state index is 12.5. The van der Waals surface area contributed by atoms with Crippen molar-refractivity contribution < 1.29 is 14.1 Å². The third-order valence-corrected chi connectivity index (χ3v) is 4.27. The highest BCUT2D eigenvalue weighted by molar-refractivity contribution is 5.96. The van der Waals surface area contributed by atoms with Gasteiger partial charge in [-0.15, -0.1) is 0 Å². The highest BCUT2D eigenvalue weighted by Crippen LogP contribution is 2.33. The molecule has 0 unspecified atom stereocenters. The van der Waals surface area contributed by atoms with Crippen molar-refractivity contribution in [3.05, 3.63) is 17.0 Å². The summed E-state index contributed by atoms with van der Waals surface area (Å²) in [6, 6.07) is 0. The first kappa shape index (κ1) is 12.7. The van der Waals surface area contributed by atoms with E-state index in [1.54, 1.807) is 6.92 Å². The van der Waals surface area contributed by atoms with Crippen LogP contribution in [0.1, 0.15) is 41.6 Å². The van der Waals surface area contributed by atoms with Gasteiger partial charge in [0.05, 0.1) is 17.9 Å². The largest absolute Gasteiger partial charge is 0.373 e. The lowest BCUT2D eigenvalue weighted by molar-refractivity contribution is 0.00148. The van der Waals surface area contributed by atoms with Gasteiger partial charge in [0.1, 0.15) is 11.3 Å². The minimum atomic E-state index is 0.0258. The zero-order valence-corrected chi connectivity index (χ0v) is 11.7. The third-order valence-electron chi connectivity index (χ3n) is 4.27. The maximum atomic E-state index is 12.5. The minimum Gasteiger partial charge on any atom is -0.373 e. The van der Waals surface area contributed by atoms with E-state index in [0.717, 1.165) is 19.4 Å². The van der Waals surface area contributed by atoms with Gasteiger partial charge in [0, 0.05) is 13.1 Å². The van der Waals surface area contributed by atoms with Crippen molar-refractivity contribution in [1.29, 1.82) is 0 Å². The molecule has 0 aliphatic carbocycles. The zero-order valence-electron chi connectivity index (χ0n) is 11.7. The lowest BCUT2D eigenvalue weighted by atomic mass is 9.91. The van der Waals surface area contributed by atoms with Gasteiger partial charge >= 0.3 is 0 Å². The van der Waals surface area contributed by atoms with Crippen molar-refractivity contribution in [3.8, 4) is 0 Å². The van der Waals surface area contributed by atoms with Crippen LogP contribution >= 0.6 is 0 Å². The molecule has 2 fully saturated rings. The number of amides is 1. The fourth-order valence-corrected chi connectivity index (χ4v) is 3.30. The molecule has 5 heteroatoms. The van der Waals surface area contributed by atoms with Gasteiger partial charge < -0.3 is 14.2 Å². The molecule has 1 aromatic heterocycles. The maximum Gasteiger partial charge on any atom is 0.259 e. The predicted molar refractivity (Wildman–Crippen MR) is 68.9 cm³/mol. The normalized spacial score (nSPS) is 30.5. The summed E-state index contributed by atoms with van der Waals surface area (Å²) < 4.78 is 11.0. The second-order valence-electron chi connectivity index (χ2n) is 5.72. The second kappa shape index (κ2) is 4.63. The summed E-state index contributed by atoms with van der Waals surface area (Å²) in [5.41, 5.74) is 1.29. The van der Waals surface area contributed by atoms with E-state index < -0.39 is 0 Å². The number of aryl methyl sites for hydroxylation is 2. The predicted octanol–water partition coefficient (Wildman–Crippen LogP) is 1.93. The Morgan fingerprint density at radius 2 is 2.21 bits per heavy atom. The Labute approximate surface area is 112 Å². The standard InChI is InChI=1S/C14H20N2O3/c1-8-6-11-4-5-16(7-12(11)18-8)14(17)13-9(2)15-19-10(13)3/h8,11-12H,4-7H2,1-3H3/t8-,11-,12+/m1/s1. The molecular weight excluding hydrogens is 244 g/mol. The monoisotopic (exact) mass is 264 g/mol. The van der Waals surface area contributed by atoms with E-state index in [1.165, 1.54) is 0 Å². The molecule has 3 rings (SSSR count). The van der Waals surface area contributed by atoms with Crippen LogP contribution in [0.25, 0.3) is 0 Å². The highest BCUT2D eigenvalue weighted by Gasteiger charge is 2.39. The van der Waals surface area contributed by atoms with Crippen molar-refractivity contribution in [2.45, 2.75) is 45.8 Å². The van der Waals surface area contributed by atoms with Gasteiger partial charge in [0.25, 0.3) is 5.91 Å². The second-order valence-corrected chi connectivity index (χ2v) is 5.72. The molecule has 2 saturated heterocycles. The zero-order chi connectivity index (χ0) is 13.6. The average Bonchev–Trinajstić information content (AvgIpc) is 2.89. The fourth-order valence-electron chi connectivity index (χ4n) is 3.30. The van der Waals surface area contributed by atoms with Crippen LogP contribution in [0.3, 0.4) is 0 Å². The Balaban J connectivity index is 1.75. The fraction of sp³-hybridized carbons (Fsp3) is 0.714. The number of rotatable bonds is 1. The van der Waals surface area contributed by atoms with Crippen molar-refractivity contribution in [1.82, 2.24) is 10.1 Å². The minimum absolute atomic E-state index is 0.0258. The first-order valence-corrected chi connectivity index (χ1v) is 6.94. The molecule has 0 radical (unpaired) electrons. The molecule has 0 aromatic carbocycles. The van der Waals surface area contributed by atoms with Crippen LogP contribution < -0.4 is 0 Å². The molecule has 3 heterocycles. The quantitative estimate of drug-likeness (QED) is 0.777. The number of nitrogens with zero attached hydrogens (tertiary/aromatic N) is 2. The molecule has 0 N–H and O–H groups in total. The van der Waals surface area contributed by atoms with Crippen LogP contribution in [-0.4, -0.2) is 41.3 Å². The highest BCUT2D eigenvalue weighted by atomic mass is 16.5. The van der Waals surface area contributed by atoms with Crippen LogP contribution in [-0.2, 0) is 4.74 Å². The Morgan fingerprint density at radius 3 is 2.89 bits per heavy atom. The Hall–Kier alpha value is -1.36. The number of fused-ring (bicyclic) bond motifs is 1. The molecule has 2 aliphatic rings. The van der Waals surface area contributed by atoms with Crippen molar-refractivity contribution in [2.24, 2.45) is 5.92 Å². The van der Waals surface area contributed by atoms with E-state index >= 15 is 0 Å². The van der Waals surface area contributed by atoms with Crippen LogP contribution in [0, 0.1) is 19.8 Å². The molecule has 1 amide bonds. The van der Waals surface area contributed by atoms with Gasteiger partial charge in [-0.1, -0.05) is 5.16 Å². The van der Waals surface area contributed by atoms with Crippen LogP contribution in [0.2, 0.25) is 0 Å². The van der Waals surface area contributed by atoms with Gasteiger partial charge in [-0.25, -0.2) is 0 Å². The van der Waals surface area contributed by atoms with Crippen LogP contribution in [0.5, 0.6) is 0 Å². The molecule has 0 bridgehead atoms. The average molecular weight is 264 g/mol. The van der Waals surface area contributed by atoms with E-state index in [1.807, 2.05) is 11.8 Å². The first-order valence-electron chi connectivity index (χ1n) is 6.94. The summed E-state index contributed by atoms with van der Waals surface area (Å²) >= 11 is 0. The van der Waals surface area contributed by atoms with Crippen LogP contribution in [0.15, 0.2) is 4.52 Å². The smallest absolute Gasteiger partial charge is 0.259 e. The summed E-state index contributed by atoms with van der Waals surface area (Å²) in [6.07, 6.45) is 2.68. The van der Waals surface area contributed by atoms with Gasteiger partial charge in [-0.2, -0.15) is 0 Å². The molecule has 0 saturated carbocycles. The Morgan fingerprint density at radius 1 is 1.42 bits per heavy atom. The molecule has 1 aromatic rings. The first-order chi connectivity index (χ1) is 9.06. The van der Waals surface area contributed by atoms with Gasteiger partial charge in [-0.3, -0.25) is 4.79 Å². The lowest BCUT2D eigenvalue weighted by Gasteiger charge is -2.34. The molecule has 19 heavy (non-hydrogen) atoms. The molecule has 3 atom stereocenters. The van der Waals surface area contributed by atoms with Gasteiger partial charge in [-0.05, 0) is 39.5 Å². The van der Waals surface area contributed by atoms with E-state index in [4.69, 9.17) is 9.26 Å². The van der Waals surface area contributed by atoms with Crippen LogP contribution in [0.4, 0.5) is 0 Å². The van der Waals surface area contributed by atoms with E-state index in [-0.39, 0.29) is 12.0 Å². The third kappa shape index (κ3) is 2.16. The Bertz CT molecular complexity index is 477. The summed E-state index contributed by atoms with van der Waals surface area (Å²) in [7, 11) is 0. The molecule has 104 valence electrons. The number of ether oxygens (including phenoxy) is 1. The van der Waals surface area contributed by atoms with E-state index in [9.17, 15) is 4.79 Å². The lowest BCUT2D eigenvalue weighted by Crippen LogP contribution is -2.45. The van der Waals surface area contributed by atoms with Crippen molar-refractivity contribution in [2.75, 3.05) is 13.1 Å². The Kier molecular flexibility index (Phi) is 3.09. The SMILES string of the molecule is Cc1noc(C)c1C(=O)N1CC[C@@H]2C[C@@H](C)O[C@H]2C1. The number of likely N-dealkylation sites (tertiary alicyclic amines) is 1. The van der Waals surface area contributed by atoms with E-state index in [0.29, 0.717) is 35.6 Å². The van der Waals surface area contributed by atoms with Crippen molar-refractivity contribution in [3.63, 3.8) is 0 Å². The summed E-state index contributed by atoms with van der Waals surface area (Å²) in [5, 5.41) is 3.86. The van der Waals surface area contributed by atoms with Crippen molar-refractivity contribution >= 4 is 5.91 Å². The number of piperidine rings is 1. The summed E-state index contributed by atoms with van der Waals surface area (Å²) in [6.45, 7) is 7.20. The number of hydrogen-bond donors (Lipinski definition) is 0. The molecular formula is C14H20N2O3.